The SMILES string of the molecule is COc1ccccc1-c1ccc2c(c1)-c1ccc3c(c1=CC2)=CC(C(C)=O)CC3C1=CC=CC=CN1. The van der Waals surface area contributed by atoms with E-state index in [0.717, 1.165) is 35.4 Å². The van der Waals surface area contributed by atoms with Crippen LogP contribution in [0.3, 0.4) is 0 Å². The van der Waals surface area contributed by atoms with E-state index < -0.39 is 0 Å². The molecule has 1 heterocycles. The third kappa shape index (κ3) is 3.81. The Bertz CT molecular complexity index is 1590. The van der Waals surface area contributed by atoms with E-state index in [0.29, 0.717) is 0 Å². The van der Waals surface area contributed by atoms with Gasteiger partial charge in [-0.1, -0.05) is 66.8 Å². The van der Waals surface area contributed by atoms with Crippen molar-refractivity contribution in [2.24, 2.45) is 5.92 Å². The highest BCUT2D eigenvalue weighted by atomic mass is 16.5. The van der Waals surface area contributed by atoms with Gasteiger partial charge in [-0.15, -0.1) is 0 Å². The molecule has 1 N–H and O–H groups in total. The molecule has 3 aromatic carbocycles. The number of allylic oxidation sites excluding steroid dienone is 5. The summed E-state index contributed by atoms with van der Waals surface area (Å²) in [5.74, 6) is 1.14. The van der Waals surface area contributed by atoms with E-state index in [-0.39, 0.29) is 17.6 Å². The number of hydrogen-bond acceptors (Lipinski definition) is 3. The summed E-state index contributed by atoms with van der Waals surface area (Å²) < 4.78 is 5.64. The van der Waals surface area contributed by atoms with E-state index in [1.807, 2.05) is 36.6 Å². The summed E-state index contributed by atoms with van der Waals surface area (Å²) in [6.07, 6.45) is 16.4. The number of para-hydroxylation sites is 1. The number of fused-ring (bicyclic) bond motifs is 5. The van der Waals surface area contributed by atoms with Gasteiger partial charge in [0.1, 0.15) is 11.5 Å². The number of benzene rings is 3. The molecule has 3 heteroatoms. The Hall–Kier alpha value is -4.11. The van der Waals surface area contributed by atoms with Crippen LogP contribution in [0, 0.1) is 5.92 Å². The second kappa shape index (κ2) is 9.16. The normalized spacial score (nSPS) is 19.3. The van der Waals surface area contributed by atoms with E-state index in [1.165, 1.54) is 32.7 Å². The fraction of sp³-hybridized carbons (Fsp3) is 0.182. The number of ether oxygens (including phenoxy) is 1. The first-order chi connectivity index (χ1) is 17.6. The monoisotopic (exact) mass is 471 g/mol. The molecule has 3 nitrogen and oxygen atoms in total. The number of ketones is 1. The summed E-state index contributed by atoms with van der Waals surface area (Å²) in [6.45, 7) is 1.71. The van der Waals surface area contributed by atoms with Crippen LogP contribution >= 0.6 is 0 Å². The van der Waals surface area contributed by atoms with Gasteiger partial charge in [-0.25, -0.2) is 0 Å². The fourth-order valence-electron chi connectivity index (χ4n) is 5.78. The summed E-state index contributed by atoms with van der Waals surface area (Å²) in [6, 6.07) is 19.4. The Morgan fingerprint density at radius 3 is 2.69 bits per heavy atom. The summed E-state index contributed by atoms with van der Waals surface area (Å²) in [4.78, 5) is 12.6. The Labute approximate surface area is 211 Å². The number of nitrogens with one attached hydrogen (secondary N) is 1. The molecule has 0 spiro atoms. The van der Waals surface area contributed by atoms with E-state index in [9.17, 15) is 4.79 Å². The second-order valence-corrected chi connectivity index (χ2v) is 9.69. The van der Waals surface area contributed by atoms with Crippen LogP contribution in [0.1, 0.15) is 30.4 Å². The molecule has 3 aliphatic rings. The van der Waals surface area contributed by atoms with Crippen LogP contribution in [-0.4, -0.2) is 12.9 Å². The first-order valence-corrected chi connectivity index (χ1v) is 12.6. The predicted octanol–water partition coefficient (Wildman–Crippen LogP) is 5.40. The maximum atomic E-state index is 12.6. The minimum absolute atomic E-state index is 0.0948. The first-order valence-electron chi connectivity index (χ1n) is 12.6. The smallest absolute Gasteiger partial charge is 0.136 e. The molecule has 0 radical (unpaired) electrons. The van der Waals surface area contributed by atoms with E-state index >= 15 is 0 Å². The van der Waals surface area contributed by atoms with Crippen molar-refractivity contribution in [3.8, 4) is 28.0 Å². The second-order valence-electron chi connectivity index (χ2n) is 9.69. The van der Waals surface area contributed by atoms with Gasteiger partial charge in [-0.2, -0.15) is 0 Å². The molecule has 0 bridgehead atoms. The van der Waals surface area contributed by atoms with Crippen molar-refractivity contribution in [2.75, 3.05) is 7.11 Å². The topological polar surface area (TPSA) is 38.3 Å². The highest BCUT2D eigenvalue weighted by molar-refractivity contribution is 5.86. The van der Waals surface area contributed by atoms with Crippen molar-refractivity contribution in [3.63, 3.8) is 0 Å². The molecule has 0 saturated heterocycles. The molecule has 0 amide bonds. The minimum atomic E-state index is -0.0948. The molecule has 0 saturated carbocycles. The van der Waals surface area contributed by atoms with Crippen LogP contribution in [0.4, 0.5) is 0 Å². The van der Waals surface area contributed by atoms with Crippen LogP contribution in [-0.2, 0) is 11.2 Å². The van der Waals surface area contributed by atoms with Gasteiger partial charge in [-0.3, -0.25) is 4.79 Å². The van der Waals surface area contributed by atoms with E-state index in [4.69, 9.17) is 4.74 Å². The van der Waals surface area contributed by atoms with Crippen LogP contribution < -0.4 is 20.5 Å². The zero-order valence-corrected chi connectivity index (χ0v) is 20.6. The lowest BCUT2D eigenvalue weighted by molar-refractivity contribution is -0.119. The number of rotatable bonds is 4. The van der Waals surface area contributed by atoms with Crippen LogP contribution in [0.15, 0.2) is 90.8 Å². The summed E-state index contributed by atoms with van der Waals surface area (Å²) in [5, 5.41) is 5.90. The molecule has 178 valence electrons. The lowest BCUT2D eigenvalue weighted by Crippen LogP contribution is -2.39. The van der Waals surface area contributed by atoms with E-state index in [2.05, 4.69) is 66.0 Å². The fourth-order valence-corrected chi connectivity index (χ4v) is 5.78. The number of carbonyl (C=O) groups is 1. The lowest BCUT2D eigenvalue weighted by Gasteiger charge is -2.29. The molecule has 0 fully saturated rings. The van der Waals surface area contributed by atoms with Crippen LogP contribution in [0.2, 0.25) is 0 Å². The Balaban J connectivity index is 1.53. The maximum absolute atomic E-state index is 12.6. The standard InChI is InChI=1S/C33H29NO2/c1-21(35)24-19-30-27-14-13-22-11-12-23(25-8-5-6-10-33(25)36-2)18-29(22)26(27)15-16-28(30)31(20-24)32-9-4-3-7-17-34-32/h3-12,14-19,24,31,34H,13,20H2,1-2H3. The van der Waals surface area contributed by atoms with Gasteiger partial charge in [0, 0.05) is 29.3 Å². The van der Waals surface area contributed by atoms with Gasteiger partial charge in [0.2, 0.25) is 0 Å². The van der Waals surface area contributed by atoms with Gasteiger partial charge < -0.3 is 10.1 Å². The van der Waals surface area contributed by atoms with Crippen molar-refractivity contribution in [1.82, 2.24) is 5.32 Å². The van der Waals surface area contributed by atoms with E-state index in [1.54, 1.807) is 14.0 Å². The van der Waals surface area contributed by atoms with Crippen molar-refractivity contribution in [2.45, 2.75) is 25.7 Å². The zero-order chi connectivity index (χ0) is 24.6. The van der Waals surface area contributed by atoms with Gasteiger partial charge >= 0.3 is 0 Å². The zero-order valence-electron chi connectivity index (χ0n) is 20.6. The highest BCUT2D eigenvalue weighted by Crippen LogP contribution is 2.37. The van der Waals surface area contributed by atoms with Crippen molar-refractivity contribution < 1.29 is 9.53 Å². The summed E-state index contributed by atoms with van der Waals surface area (Å²) >= 11 is 0. The summed E-state index contributed by atoms with van der Waals surface area (Å²) in [7, 11) is 1.72. The number of hydrogen-bond donors (Lipinski definition) is 1. The average Bonchev–Trinajstić information content (AvgIpc) is 3.21. The molecular formula is C33H29NO2. The van der Waals surface area contributed by atoms with Crippen LogP contribution in [0.25, 0.3) is 34.4 Å². The first kappa shape index (κ1) is 22.4. The van der Waals surface area contributed by atoms with Crippen molar-refractivity contribution in [1.29, 1.82) is 0 Å². The predicted molar refractivity (Wildman–Crippen MR) is 147 cm³/mol. The average molecular weight is 472 g/mol. The largest absolute Gasteiger partial charge is 0.496 e. The maximum Gasteiger partial charge on any atom is 0.136 e. The molecule has 2 atom stereocenters. The molecular weight excluding hydrogens is 442 g/mol. The van der Waals surface area contributed by atoms with Gasteiger partial charge in [0.25, 0.3) is 0 Å². The summed E-state index contributed by atoms with van der Waals surface area (Å²) in [5.41, 5.74) is 8.46. The number of carbonyl (C=O) groups excluding carboxylic acids is 1. The Kier molecular flexibility index (Phi) is 5.69. The third-order valence-electron chi connectivity index (χ3n) is 7.64. The minimum Gasteiger partial charge on any atom is -0.496 e. The van der Waals surface area contributed by atoms with Gasteiger partial charge in [-0.05, 0) is 82.3 Å². The number of methoxy groups -OCH3 is 1. The Morgan fingerprint density at radius 1 is 0.944 bits per heavy atom. The molecule has 2 unspecified atom stereocenters. The molecule has 0 aromatic heterocycles. The van der Waals surface area contributed by atoms with Crippen LogP contribution in [0.5, 0.6) is 5.75 Å². The lowest BCUT2D eigenvalue weighted by atomic mass is 9.76. The number of Topliss-reactive ketones (excluding diaryl/α,β-unsaturated/α-hetero) is 1. The van der Waals surface area contributed by atoms with Gasteiger partial charge in [0.15, 0.2) is 0 Å². The Morgan fingerprint density at radius 2 is 1.83 bits per heavy atom. The molecule has 3 aromatic rings. The third-order valence-corrected chi connectivity index (χ3v) is 7.64. The van der Waals surface area contributed by atoms with Crippen molar-refractivity contribution >= 4 is 17.9 Å². The van der Waals surface area contributed by atoms with Crippen molar-refractivity contribution in [3.05, 3.63) is 112 Å². The molecule has 2 aliphatic carbocycles. The molecule has 36 heavy (non-hydrogen) atoms. The highest BCUT2D eigenvalue weighted by Gasteiger charge is 2.29. The quantitative estimate of drug-likeness (QED) is 0.554. The molecule has 6 rings (SSSR count). The van der Waals surface area contributed by atoms with Gasteiger partial charge in [0.05, 0.1) is 7.11 Å². The molecule has 1 aliphatic heterocycles.